The molecule has 22 nitrogen and oxygen atoms in total. The molecule has 2 heterocycles. The Kier molecular flexibility index (Phi) is 68.9. The van der Waals surface area contributed by atoms with E-state index >= 15 is 0 Å². The maximum absolute atomic E-state index is 12.1. The summed E-state index contributed by atoms with van der Waals surface area (Å²) in [5, 5.41) is 23.0. The number of aromatic hydroxyl groups is 1. The van der Waals surface area contributed by atoms with Crippen LogP contribution in [-0.2, 0) is 45.9 Å². The van der Waals surface area contributed by atoms with Gasteiger partial charge in [0.25, 0.3) is 23.6 Å². The van der Waals surface area contributed by atoms with Gasteiger partial charge in [0.1, 0.15) is 61.5 Å². The van der Waals surface area contributed by atoms with Gasteiger partial charge in [-0.2, -0.15) is 0 Å². The maximum Gasteiger partial charge on any atom is 0.261 e. The number of β-amino-alcohol motifs (C(OH)–C–C–N with tert-alkyl or cyclic N) is 1. The molecule has 12 aromatic carbocycles. The molecule has 2 atom stereocenters. The van der Waals surface area contributed by atoms with Gasteiger partial charge in [0.2, 0.25) is 0 Å². The van der Waals surface area contributed by atoms with Crippen LogP contribution in [0.2, 0.25) is 15.1 Å². The Balaban J connectivity index is 0.000000550. The number of carbonyl (C=O) groups excluding carboxylic acids is 5. The molecule has 2 aliphatic heterocycles. The number of hydrogen-bond donors (Lipinski definition) is 7. The summed E-state index contributed by atoms with van der Waals surface area (Å²) in [6.45, 7) is 14.9. The topological polar surface area (TPSA) is 322 Å². The maximum atomic E-state index is 12.1. The van der Waals surface area contributed by atoms with E-state index in [2.05, 4.69) is 185 Å². The third kappa shape index (κ3) is 49.1. The summed E-state index contributed by atoms with van der Waals surface area (Å²) in [4.78, 5) is 60.2. The molecule has 14 rings (SSSR count). The molecule has 0 fully saturated rings. The monoisotopic (exact) mass is 2620 g/mol. The van der Waals surface area contributed by atoms with Crippen molar-refractivity contribution in [2.75, 3.05) is 92.2 Å². The van der Waals surface area contributed by atoms with Crippen molar-refractivity contribution in [3.05, 3.63) is 389 Å². The van der Waals surface area contributed by atoms with Crippen molar-refractivity contribution in [2.45, 2.75) is 54.2 Å². The van der Waals surface area contributed by atoms with Gasteiger partial charge in [-0.25, -0.2) is 0 Å². The Morgan fingerprint density at radius 1 is 0.442 bits per heavy atom. The molecule has 138 heavy (non-hydrogen) atoms. The first-order valence-electron chi connectivity index (χ1n) is 42.6. The first kappa shape index (κ1) is 124. The first-order chi connectivity index (χ1) is 66.5. The summed E-state index contributed by atoms with van der Waals surface area (Å²) < 4.78 is 53.9. The summed E-state index contributed by atoms with van der Waals surface area (Å²) in [6, 6.07) is 89.2. The van der Waals surface area contributed by atoms with Crippen molar-refractivity contribution in [3.63, 3.8) is 0 Å². The van der Waals surface area contributed by atoms with Gasteiger partial charge in [-0.15, -0.1) is 24.2 Å². The molecule has 11 N–H and O–H groups in total. The number of ether oxygens (including phenoxy) is 8. The number of phenolic OH excluding ortho intramolecular Hbond substituents is 1. The summed E-state index contributed by atoms with van der Waals surface area (Å²) >= 11 is 28.2. The van der Waals surface area contributed by atoms with Crippen molar-refractivity contribution in [3.8, 4) is 64.8 Å². The van der Waals surface area contributed by atoms with Crippen LogP contribution in [0, 0.1) is 46.7 Å². The van der Waals surface area contributed by atoms with E-state index in [0.717, 1.165) is 93.4 Å². The summed E-state index contributed by atoms with van der Waals surface area (Å²) in [6.07, 6.45) is 5.29. The van der Waals surface area contributed by atoms with Gasteiger partial charge in [-0.1, -0.05) is 145 Å². The minimum Gasteiger partial charge on any atom is -0.508 e. The van der Waals surface area contributed by atoms with Crippen molar-refractivity contribution in [2.24, 2.45) is 23.2 Å². The molecule has 12 aromatic rings. The van der Waals surface area contributed by atoms with Gasteiger partial charge < -0.3 is 64.9 Å². The molecule has 0 radical (unpaired) electrons. The Labute approximate surface area is 910 Å². The molecular weight excluding hydrogens is 2510 g/mol. The molecule has 0 saturated heterocycles. The third-order valence-corrected chi connectivity index (χ3v) is 20.7. The zero-order valence-electron chi connectivity index (χ0n) is 76.5. The number of halogens is 8. The van der Waals surface area contributed by atoms with Crippen molar-refractivity contribution in [1.82, 2.24) is 15.1 Å². The van der Waals surface area contributed by atoms with Crippen LogP contribution in [0.25, 0.3) is 0 Å². The molecule has 33 heteroatoms. The Hall–Kier alpha value is -8.09. The molecule has 0 spiro atoms. The van der Waals surface area contributed by atoms with Crippen LogP contribution in [0.15, 0.2) is 291 Å². The van der Waals surface area contributed by atoms with Crippen LogP contribution < -0.4 is 47.4 Å². The van der Waals surface area contributed by atoms with Crippen LogP contribution in [-0.4, -0.2) is 143 Å². The number of carbonyl (C=O) groups is 5. The van der Waals surface area contributed by atoms with Crippen LogP contribution >= 0.6 is 158 Å². The number of aldehydes is 1. The van der Waals surface area contributed by atoms with Crippen LogP contribution in [0.4, 0.5) is 0 Å². The van der Waals surface area contributed by atoms with Gasteiger partial charge in [0.05, 0.1) is 43.2 Å². The number of hydrazine groups is 1. The number of nitrogens with two attached hydrogens (primary N) is 4. The van der Waals surface area contributed by atoms with E-state index in [1.54, 1.807) is 84.9 Å². The molecule has 4 amide bonds. The molecule has 0 bridgehead atoms. The van der Waals surface area contributed by atoms with E-state index in [4.69, 9.17) is 102 Å². The Bertz CT molecular complexity index is 5560. The van der Waals surface area contributed by atoms with Gasteiger partial charge >= 0.3 is 0 Å². The number of nitrogens with one attached hydrogen (secondary N) is 1. The average molecular weight is 2620 g/mol. The number of amides is 4. The van der Waals surface area contributed by atoms with Crippen molar-refractivity contribution in [1.29, 1.82) is 1.28 Å². The number of terminal acetylenes is 1. The van der Waals surface area contributed by atoms with E-state index in [-0.39, 0.29) is 99.2 Å². The predicted octanol–water partition coefficient (Wildman–Crippen LogP) is 22.7. The Morgan fingerprint density at radius 2 is 0.725 bits per heavy atom. The number of rotatable bonds is 29. The predicted molar refractivity (Wildman–Crippen MR) is 602 cm³/mol. The molecule has 2 unspecified atom stereocenters. The minimum atomic E-state index is -0.333. The van der Waals surface area contributed by atoms with E-state index in [9.17, 15) is 24.0 Å². The summed E-state index contributed by atoms with van der Waals surface area (Å²) in [5.74, 6) is 25.4. The van der Waals surface area contributed by atoms with Crippen LogP contribution in [0.5, 0.6) is 28.7 Å². The number of imide groups is 2. The standard InChI is InChI=1S/C28H30ClNO3.C16H14ClNO.C16H12INO3.C12H16O3.C10H9NO3.C8H5Cl.C8H10INO.C6H5IO.CH4.I2.H4N2.H4P2.Pd/c1-3-31-28(32-4-2)25-13-7-24(8-14-25)21-30-19-20-33-27-17-11-23(12-18-27)6-5-22-9-15-26(29)16-10-22;17-15-7-3-13(4-8-15)1-2-14-5-9-16(10-6-14)19-12-11-18;17-11-5-7-12(8-6-11)21-10-9-18-15(19)13-3-1-2-4-14(13)16(18)20;1-3-14-12(15-4-2)11-7-5-10(9-13)6-8-11;12-6-5-11-9(13)7-3-1-2-4-8(7)10(11)14;1-2-7-3-5-8(9)6-4-7;9-7-1-3-8(4-2-7)11-6-5-10;7-5-1-3-6(8)4-2-5;;3*1-2;/h7-18,28,30H,3-4,19-21H2,1-2H3;3-10H,11-12,18H2;1-8H,9-10H2;5-9,12H,3-4H2,1-2H3;1-4,12H,5-6H2;1,3-6H;1-4H,5-6,10H2;1-4,8H;1H4;;2*1-2H2;/i;;;;;;;;;;;1T;. The molecule has 0 aromatic heterocycles. The normalized spacial score (nSPS) is 10.7. The van der Waals surface area contributed by atoms with Crippen LogP contribution in [0.1, 0.15) is 144 Å². The van der Waals surface area contributed by atoms with Gasteiger partial charge in [-0.3, -0.25) is 45.5 Å². The zero-order chi connectivity index (χ0) is 100. The first-order valence-corrected chi connectivity index (χ1v) is 55.0. The second-order valence-electron chi connectivity index (χ2n) is 27.1. The fraction of sp³-hybridized carbons (Fsp3) is 0.210. The van der Waals surface area contributed by atoms with Crippen LogP contribution in [0.3, 0.4) is 0 Å². The zero-order valence-corrected chi connectivity index (χ0v) is 92.2. The number of phenols is 1. The Morgan fingerprint density at radius 3 is 1.02 bits per heavy atom. The number of fused-ring (bicyclic) bond motifs is 2. The molecular formula is C105H113Cl3I5N7O15P2Pd. The third-order valence-electron chi connectivity index (χ3n) is 17.7. The van der Waals surface area contributed by atoms with Crippen molar-refractivity contribution >= 4 is 188 Å². The van der Waals surface area contributed by atoms with Gasteiger partial charge in [0, 0.05) is 181 Å². The number of aliphatic hydroxyl groups is 1. The fourth-order valence-electron chi connectivity index (χ4n) is 11.4. The number of hydrogen-bond acceptors (Lipinski definition) is 20. The molecule has 734 valence electrons. The second-order valence-corrected chi connectivity index (χ2v) is 32.1. The van der Waals surface area contributed by atoms with Gasteiger partial charge in [0.15, 0.2) is 12.6 Å². The van der Waals surface area contributed by atoms with E-state index in [1.807, 2.05) is 210 Å². The molecule has 0 aliphatic carbocycles. The average Bonchev–Trinajstić information content (AvgIpc) is 1.64. The minimum absolute atomic E-state index is 0. The largest absolute Gasteiger partial charge is 0.508 e. The quantitative estimate of drug-likeness (QED) is 0.00219. The number of nitrogens with zero attached hydrogens (tertiary/aromatic N) is 2. The molecule has 0 saturated carbocycles. The fourth-order valence-corrected chi connectivity index (χ4v) is 12.8. The smallest absolute Gasteiger partial charge is 0.261 e. The van der Waals surface area contributed by atoms with E-state index < -0.39 is 0 Å². The summed E-state index contributed by atoms with van der Waals surface area (Å²) in [7, 11) is 2.52. The van der Waals surface area contributed by atoms with Crippen molar-refractivity contribution < 1.29 is 92.5 Å². The number of benzene rings is 12. The van der Waals surface area contributed by atoms with E-state index in [0.29, 0.717) is 108 Å². The SMILES string of the molecule is C.C#Cc1ccc(Cl)cc1.CCOC(OCC)c1ccc(C=O)cc1.CCOC(OCC)c1ccc(CNCCOc2ccc(C#Cc3ccc(Cl)cc3)cc2)cc1.II.NCCOc1ccc(C#Cc2ccc(Cl)cc2)cc1.NCCOc1ccc(I)cc1.NN.O=C1c2ccccc2C(=O)N1CCO.O=C1c2ccccc2C(=O)N1CCOc1ccc(I)cc1.Oc1ccc(I)cc1.[3H]PP.[Pd]. The molecule has 2 aliphatic rings. The number of aliphatic hydroxyl groups excluding tert-OH is 1. The van der Waals surface area contributed by atoms with Gasteiger partial charge in [-0.05, 0) is 319 Å². The summed E-state index contributed by atoms with van der Waals surface area (Å²) in [5.41, 5.74) is 20.9. The second kappa shape index (κ2) is 76.6. The van der Waals surface area contributed by atoms with E-state index in [1.165, 1.54) is 14.0 Å².